The highest BCUT2D eigenvalue weighted by Gasteiger charge is 2.36. The van der Waals surface area contributed by atoms with Gasteiger partial charge in [-0.15, -0.1) is 0 Å². The van der Waals surface area contributed by atoms with Gasteiger partial charge in [0.25, 0.3) is 21.6 Å². The number of carbonyl (C=O) groups excluding carboxylic acids is 1. The predicted molar refractivity (Wildman–Crippen MR) is 239 cm³/mol. The molecule has 1 amide bonds. The number of pyridine rings is 1. The van der Waals surface area contributed by atoms with Crippen LogP contribution in [0.3, 0.4) is 0 Å². The van der Waals surface area contributed by atoms with Gasteiger partial charge in [0.05, 0.1) is 21.6 Å². The number of rotatable bonds is 14. The number of anilines is 1. The van der Waals surface area contributed by atoms with E-state index in [9.17, 15) is 23.3 Å². The Bertz CT molecular complexity index is 2700. The SMILES string of the molecule is O=C(NS(=O)(=O)c1ccc(NCC2CCOCC2)c([N+](=O)[O-])c1)c1ccc([C@H]2CC[C@H](N3CCCC3c3ccccc3Oc3ccccc3)CC2)cc1Oc1cnc2[nH]ccc2c1. The number of hydrogen-bond acceptors (Lipinski definition) is 11. The Hall–Kier alpha value is -6.29. The number of ether oxygens (including phenoxy) is 3. The topological polar surface area (TPSA) is 178 Å². The van der Waals surface area contributed by atoms with Crippen LogP contribution >= 0.6 is 0 Å². The maximum absolute atomic E-state index is 14.0. The standard InChI is InChI=1S/C48H50N6O8S/c55-48(52-63(58,59)39-17-19-42(44(29-39)54(56)57)50-30-32-21-25-60-26-22-32)41-18-14-34(28-46(41)62-38-27-35-20-23-49-47(35)51-31-38)33-12-15-36(16-13-33)53-24-6-10-43(53)40-9-4-5-11-45(40)61-37-7-2-1-3-8-37/h1-5,7-9,11,14,17-20,23,27-29,31-33,36,43,50H,6,10,12-13,15-16,21-22,24-26,30H2,(H,49,51)(H,52,55)/t33-,36-,43?. The number of sulfonamides is 1. The molecule has 15 heteroatoms. The number of fused-ring (bicyclic) bond motifs is 1. The summed E-state index contributed by atoms with van der Waals surface area (Å²) >= 11 is 0. The maximum atomic E-state index is 14.0. The minimum Gasteiger partial charge on any atom is -0.457 e. The number of nitro groups is 1. The zero-order valence-electron chi connectivity index (χ0n) is 34.8. The van der Waals surface area contributed by atoms with Gasteiger partial charge in [0, 0.05) is 55.1 Å². The quantitative estimate of drug-likeness (QED) is 0.0701. The first kappa shape index (κ1) is 42.0. The first-order chi connectivity index (χ1) is 30.7. The molecule has 9 rings (SSSR count). The Morgan fingerprint density at radius 2 is 1.63 bits per heavy atom. The molecule has 2 saturated heterocycles. The molecule has 63 heavy (non-hydrogen) atoms. The van der Waals surface area contributed by atoms with E-state index < -0.39 is 31.4 Å². The van der Waals surface area contributed by atoms with Gasteiger partial charge in [-0.05, 0) is 130 Å². The molecule has 1 saturated carbocycles. The van der Waals surface area contributed by atoms with Crippen LogP contribution in [0.15, 0.2) is 120 Å². The summed E-state index contributed by atoms with van der Waals surface area (Å²) in [5.41, 5.74) is 2.64. The van der Waals surface area contributed by atoms with Crippen LogP contribution in [0.4, 0.5) is 11.4 Å². The van der Waals surface area contributed by atoms with Gasteiger partial charge in [-0.2, -0.15) is 0 Å². The summed E-state index contributed by atoms with van der Waals surface area (Å²) in [6, 6.07) is 31.4. The van der Waals surface area contributed by atoms with Gasteiger partial charge >= 0.3 is 0 Å². The van der Waals surface area contributed by atoms with Gasteiger partial charge in [0.15, 0.2) is 0 Å². The van der Waals surface area contributed by atoms with E-state index in [1.165, 1.54) is 17.7 Å². The van der Waals surface area contributed by atoms with Crippen LogP contribution in [0.5, 0.6) is 23.0 Å². The Balaban J connectivity index is 0.923. The van der Waals surface area contributed by atoms with E-state index in [1.54, 1.807) is 24.5 Å². The summed E-state index contributed by atoms with van der Waals surface area (Å²) in [6.07, 6.45) is 11.0. The lowest BCUT2D eigenvalue weighted by atomic mass is 9.80. The molecule has 2 aliphatic heterocycles. The number of amides is 1. The van der Waals surface area contributed by atoms with Crippen molar-refractivity contribution in [2.24, 2.45) is 5.92 Å². The number of aromatic amines is 1. The number of para-hydroxylation sites is 2. The van der Waals surface area contributed by atoms with Crippen LogP contribution in [-0.4, -0.2) is 66.5 Å². The Morgan fingerprint density at radius 3 is 2.44 bits per heavy atom. The highest BCUT2D eigenvalue weighted by atomic mass is 32.2. The smallest absolute Gasteiger partial charge is 0.293 e. The van der Waals surface area contributed by atoms with Gasteiger partial charge in [-0.25, -0.2) is 18.1 Å². The summed E-state index contributed by atoms with van der Waals surface area (Å²) in [7, 11) is -4.55. The maximum Gasteiger partial charge on any atom is 0.293 e. The number of nitrogens with zero attached hydrogens (tertiary/aromatic N) is 3. The minimum atomic E-state index is -4.55. The Labute approximate surface area is 366 Å². The lowest BCUT2D eigenvalue weighted by Gasteiger charge is -2.38. The molecule has 0 spiro atoms. The molecule has 1 atom stereocenters. The zero-order chi connectivity index (χ0) is 43.3. The van der Waals surface area contributed by atoms with Gasteiger partial charge in [0.2, 0.25) is 0 Å². The lowest BCUT2D eigenvalue weighted by Crippen LogP contribution is -2.37. The van der Waals surface area contributed by atoms with Crippen LogP contribution in [0.2, 0.25) is 0 Å². The summed E-state index contributed by atoms with van der Waals surface area (Å²) in [4.78, 5) is 35.2. The van der Waals surface area contributed by atoms with E-state index in [-0.39, 0.29) is 34.9 Å². The normalized spacial score (nSPS) is 19.7. The van der Waals surface area contributed by atoms with Crippen LogP contribution in [0.1, 0.15) is 84.8 Å². The average Bonchev–Trinajstić information content (AvgIpc) is 3.99. The number of carbonyl (C=O) groups is 1. The van der Waals surface area contributed by atoms with E-state index in [4.69, 9.17) is 14.2 Å². The van der Waals surface area contributed by atoms with Crippen molar-refractivity contribution in [2.75, 3.05) is 31.6 Å². The van der Waals surface area contributed by atoms with Crippen molar-refractivity contribution < 1.29 is 32.3 Å². The van der Waals surface area contributed by atoms with E-state index in [2.05, 4.69) is 43.1 Å². The van der Waals surface area contributed by atoms with Gasteiger partial charge in [0.1, 0.15) is 34.3 Å². The molecule has 4 aromatic carbocycles. The molecule has 4 heterocycles. The van der Waals surface area contributed by atoms with Crippen LogP contribution in [0.25, 0.3) is 11.0 Å². The number of benzene rings is 4. The second-order valence-electron chi connectivity index (χ2n) is 16.6. The minimum absolute atomic E-state index is 0.00859. The Kier molecular flexibility index (Phi) is 12.4. The molecule has 3 aliphatic rings. The molecular formula is C48H50N6O8S. The first-order valence-corrected chi connectivity index (χ1v) is 23.2. The Morgan fingerprint density at radius 1 is 0.857 bits per heavy atom. The average molecular weight is 871 g/mol. The van der Waals surface area contributed by atoms with Crippen molar-refractivity contribution in [1.82, 2.24) is 19.6 Å². The van der Waals surface area contributed by atoms with E-state index in [0.29, 0.717) is 37.2 Å². The second kappa shape index (κ2) is 18.6. The number of aromatic nitrogens is 2. The van der Waals surface area contributed by atoms with Crippen LogP contribution in [-0.2, 0) is 14.8 Å². The molecule has 14 nitrogen and oxygen atoms in total. The fraction of sp³-hybridized carbons (Fsp3) is 0.333. The second-order valence-corrected chi connectivity index (χ2v) is 18.3. The number of likely N-dealkylation sites (tertiary alicyclic amines) is 1. The van der Waals surface area contributed by atoms with Crippen LogP contribution < -0.4 is 19.5 Å². The zero-order valence-corrected chi connectivity index (χ0v) is 35.6. The molecule has 2 aromatic heterocycles. The van der Waals surface area contributed by atoms with Crippen molar-refractivity contribution in [3.05, 3.63) is 142 Å². The molecule has 0 radical (unpaired) electrons. The highest BCUT2D eigenvalue weighted by molar-refractivity contribution is 7.90. The molecule has 3 N–H and O–H groups in total. The number of H-pyrrole nitrogens is 1. The molecular weight excluding hydrogens is 821 g/mol. The predicted octanol–water partition coefficient (Wildman–Crippen LogP) is 9.88. The number of nitrogens with one attached hydrogen (secondary N) is 3. The number of nitro benzene ring substituents is 1. The monoisotopic (exact) mass is 870 g/mol. The molecule has 6 aromatic rings. The van der Waals surface area contributed by atoms with E-state index >= 15 is 0 Å². The van der Waals surface area contributed by atoms with Gasteiger partial charge in [-0.3, -0.25) is 19.8 Å². The van der Waals surface area contributed by atoms with Crippen molar-refractivity contribution >= 4 is 38.3 Å². The lowest BCUT2D eigenvalue weighted by molar-refractivity contribution is -0.384. The van der Waals surface area contributed by atoms with Crippen molar-refractivity contribution in [3.63, 3.8) is 0 Å². The van der Waals surface area contributed by atoms with Gasteiger partial charge < -0.3 is 24.5 Å². The summed E-state index contributed by atoms with van der Waals surface area (Å²) in [6.45, 7) is 2.76. The molecule has 326 valence electrons. The third kappa shape index (κ3) is 9.55. The fourth-order valence-electron chi connectivity index (χ4n) is 9.35. The van der Waals surface area contributed by atoms with Crippen molar-refractivity contribution in [2.45, 2.75) is 74.3 Å². The summed E-state index contributed by atoms with van der Waals surface area (Å²) < 4.78 is 47.7. The van der Waals surface area contributed by atoms with Crippen LogP contribution in [0, 0.1) is 16.0 Å². The summed E-state index contributed by atoms with van der Waals surface area (Å²) in [5.74, 6) is 1.77. The highest BCUT2D eigenvalue weighted by Crippen LogP contribution is 2.45. The van der Waals surface area contributed by atoms with Crippen molar-refractivity contribution in [1.29, 1.82) is 0 Å². The summed E-state index contributed by atoms with van der Waals surface area (Å²) in [5, 5.41) is 16.0. The molecule has 1 aliphatic carbocycles. The van der Waals surface area contributed by atoms with E-state index in [1.807, 2.05) is 54.6 Å². The molecule has 3 fully saturated rings. The largest absolute Gasteiger partial charge is 0.457 e. The first-order valence-electron chi connectivity index (χ1n) is 21.7. The van der Waals surface area contributed by atoms with Gasteiger partial charge in [-0.1, -0.05) is 42.5 Å². The third-order valence-electron chi connectivity index (χ3n) is 12.7. The molecule has 0 bridgehead atoms. The fourth-order valence-corrected chi connectivity index (χ4v) is 10.3. The third-order valence-corrected chi connectivity index (χ3v) is 14.0. The number of hydrogen-bond donors (Lipinski definition) is 3. The van der Waals surface area contributed by atoms with E-state index in [0.717, 1.165) is 86.4 Å². The molecule has 1 unspecified atom stereocenters. The van der Waals surface area contributed by atoms with Crippen molar-refractivity contribution in [3.8, 4) is 23.0 Å².